The summed E-state index contributed by atoms with van der Waals surface area (Å²) >= 11 is 1.58. The lowest BCUT2D eigenvalue weighted by Gasteiger charge is -2.35. The topological polar surface area (TPSA) is 234 Å². The number of phenols is 1. The van der Waals surface area contributed by atoms with Crippen molar-refractivity contribution in [1.82, 2.24) is 50.4 Å². The number of anilines is 1. The average molecular weight is 1160 g/mol. The monoisotopic (exact) mass is 1160 g/mol. The number of benzene rings is 3. The zero-order valence-electron chi connectivity index (χ0n) is 48.4. The fourth-order valence-electron chi connectivity index (χ4n) is 14.0. The van der Waals surface area contributed by atoms with Gasteiger partial charge in [0.1, 0.15) is 42.8 Å². The number of carbonyl (C=O) groups excluding carboxylic acids is 3. The molecule has 9 heterocycles. The summed E-state index contributed by atoms with van der Waals surface area (Å²) in [5.41, 5.74) is 9.46. The number of amides is 3. The van der Waals surface area contributed by atoms with Gasteiger partial charge in [0, 0.05) is 105 Å². The Kier molecular flexibility index (Phi) is 15.2. The van der Waals surface area contributed by atoms with Gasteiger partial charge in [-0.3, -0.25) is 19.5 Å². The molecule has 2 bridgehead atoms. The van der Waals surface area contributed by atoms with Crippen molar-refractivity contribution in [1.29, 1.82) is 0 Å². The summed E-state index contributed by atoms with van der Waals surface area (Å²) in [7, 11) is 2.05. The number of piperidine rings is 1. The first-order valence-electron chi connectivity index (χ1n) is 29.8. The fourth-order valence-corrected chi connectivity index (χ4v) is 14.8. The standard InChI is InChI=1S/C63H73N11O9S/c1-33(2)53(61(78)74-29-45(76)24-50(74)60(77)66-35(4)37-10-12-38(13-11-37)58-36(5)65-32-84-58)51-25-52(70-83-51)82-46-18-20-72(21-19-46)63(79)81-31-43-17-16-42(71(43)6)30-80-62-68-57-49(59(69-62)73-27-40-14-15-41(28-73)67-40)26-64-56-48-23-44(75)22-39-8-7-9-47(55(39)48)34(3)54(56)57/h7-13,22-23,25-26,32-35,40-43,45-46,50,53,67,75-76H,14-21,24,27-31H2,1-6H3,(H,66,77)/t34?,35-,40?,41?,42-,43-,45+,50-,53+/m0/s1. The molecule has 1 aliphatic carbocycles. The quantitative estimate of drug-likeness (QED) is 0.0753. The van der Waals surface area contributed by atoms with Crippen molar-refractivity contribution in [3.63, 3.8) is 0 Å². The number of carbonyl (C=O) groups is 3. The van der Waals surface area contributed by atoms with E-state index in [2.05, 4.69) is 50.6 Å². The van der Waals surface area contributed by atoms with Crippen molar-refractivity contribution < 1.29 is 43.3 Å². The number of phenolic OH excluding ortho intramolecular Hbond substituents is 1. The van der Waals surface area contributed by atoms with Gasteiger partial charge in [0.25, 0.3) is 5.88 Å². The lowest BCUT2D eigenvalue weighted by atomic mass is 9.79. The number of pyridine rings is 1. The van der Waals surface area contributed by atoms with Crippen molar-refractivity contribution in [3.8, 4) is 39.3 Å². The van der Waals surface area contributed by atoms with Crippen LogP contribution in [0.15, 0.2) is 76.9 Å². The lowest BCUT2D eigenvalue weighted by molar-refractivity contribution is -0.141. The number of likely N-dealkylation sites (N-methyl/N-ethyl adjacent to an activating group) is 1. The minimum absolute atomic E-state index is 0.00427. The van der Waals surface area contributed by atoms with Gasteiger partial charge in [-0.1, -0.05) is 63.2 Å². The number of aryl methyl sites for hydroxylation is 1. The molecule has 5 fully saturated rings. The second-order valence-corrected chi connectivity index (χ2v) is 25.2. The molecule has 9 atom stereocenters. The van der Waals surface area contributed by atoms with E-state index in [0.717, 1.165) is 105 Å². The van der Waals surface area contributed by atoms with E-state index in [-0.39, 0.29) is 85.2 Å². The predicted octanol–water partition coefficient (Wildman–Crippen LogP) is 8.48. The number of ether oxygens (including phenoxy) is 3. The molecule has 5 aliphatic heterocycles. The van der Waals surface area contributed by atoms with E-state index in [1.54, 1.807) is 22.3 Å². The van der Waals surface area contributed by atoms with E-state index in [9.17, 15) is 24.6 Å². The van der Waals surface area contributed by atoms with Gasteiger partial charge in [-0.05, 0) is 97.2 Å². The van der Waals surface area contributed by atoms with Gasteiger partial charge >= 0.3 is 12.1 Å². The largest absolute Gasteiger partial charge is 0.508 e. The van der Waals surface area contributed by atoms with E-state index < -0.39 is 18.1 Å². The zero-order chi connectivity index (χ0) is 58.1. The Labute approximate surface area is 491 Å². The third kappa shape index (κ3) is 10.7. The number of fused-ring (bicyclic) bond motifs is 6. The molecule has 13 rings (SSSR count). The number of β-amino-alcohol motifs (C(OH)–C–C–N with tert-alkyl or cyclic N) is 1. The molecule has 4 aromatic heterocycles. The van der Waals surface area contributed by atoms with Gasteiger partial charge < -0.3 is 54.3 Å². The van der Waals surface area contributed by atoms with Crippen LogP contribution in [0.5, 0.6) is 17.6 Å². The summed E-state index contributed by atoms with van der Waals surface area (Å²) in [6, 6.07) is 19.5. The molecule has 21 heteroatoms. The van der Waals surface area contributed by atoms with Crippen LogP contribution in [-0.4, -0.2) is 163 Å². The number of likely N-dealkylation sites (tertiary alicyclic amines) is 3. The Hall–Kier alpha value is -7.46. The second-order valence-electron chi connectivity index (χ2n) is 24.4. The normalized spacial score (nSPS) is 24.0. The number of piperazine rings is 1. The Morgan fingerprint density at radius 1 is 0.917 bits per heavy atom. The molecule has 5 saturated heterocycles. The summed E-state index contributed by atoms with van der Waals surface area (Å²) in [5, 5.41) is 35.6. The molecule has 0 spiro atoms. The predicted molar refractivity (Wildman–Crippen MR) is 317 cm³/mol. The zero-order valence-corrected chi connectivity index (χ0v) is 49.2. The Balaban J connectivity index is 0.604. The van der Waals surface area contributed by atoms with Crippen molar-refractivity contribution >= 4 is 56.7 Å². The first-order valence-corrected chi connectivity index (χ1v) is 30.7. The molecule has 7 aromatic rings. The van der Waals surface area contributed by atoms with Crippen LogP contribution in [0.1, 0.15) is 119 Å². The minimum atomic E-state index is -0.865. The Bertz CT molecular complexity index is 3610. The maximum atomic E-state index is 14.4. The molecule has 3 amide bonds. The van der Waals surface area contributed by atoms with Gasteiger partial charge in [-0.25, -0.2) is 9.78 Å². The van der Waals surface area contributed by atoms with Crippen molar-refractivity contribution in [2.45, 2.75) is 140 Å². The van der Waals surface area contributed by atoms with E-state index in [1.165, 1.54) is 10.5 Å². The number of nitrogens with zero attached hydrogens (tertiary/aromatic N) is 9. The molecule has 440 valence electrons. The number of aliphatic hydroxyl groups is 1. The van der Waals surface area contributed by atoms with Crippen LogP contribution in [0, 0.1) is 12.8 Å². The summed E-state index contributed by atoms with van der Waals surface area (Å²) in [5.74, 6) is -0.108. The molecule has 3 aromatic carbocycles. The summed E-state index contributed by atoms with van der Waals surface area (Å²) in [6.45, 7) is 13.1. The molecule has 20 nitrogen and oxygen atoms in total. The Morgan fingerprint density at radius 3 is 2.42 bits per heavy atom. The highest BCUT2D eigenvalue weighted by atomic mass is 32.1. The van der Waals surface area contributed by atoms with Crippen LogP contribution in [0.2, 0.25) is 0 Å². The van der Waals surface area contributed by atoms with Crippen LogP contribution in [0.25, 0.3) is 43.4 Å². The van der Waals surface area contributed by atoms with E-state index in [0.29, 0.717) is 56.4 Å². The number of nitrogens with one attached hydrogen (secondary N) is 2. The number of aliphatic hydroxyl groups excluding tert-OH is 1. The number of hydrogen-bond donors (Lipinski definition) is 4. The number of aromatic nitrogens is 5. The molecule has 0 radical (unpaired) electrons. The minimum Gasteiger partial charge on any atom is -0.508 e. The first kappa shape index (κ1) is 55.7. The molecular formula is C63H73N11O9S. The highest BCUT2D eigenvalue weighted by molar-refractivity contribution is 7.13. The maximum Gasteiger partial charge on any atom is 0.409 e. The van der Waals surface area contributed by atoms with Gasteiger partial charge in [0.05, 0.1) is 44.8 Å². The van der Waals surface area contributed by atoms with Crippen molar-refractivity contribution in [2.75, 3.05) is 57.9 Å². The van der Waals surface area contributed by atoms with Gasteiger partial charge in [0.15, 0.2) is 5.76 Å². The van der Waals surface area contributed by atoms with E-state index >= 15 is 0 Å². The average Bonchev–Trinajstić information content (AvgIpc) is 1.23. The second kappa shape index (κ2) is 22.8. The van der Waals surface area contributed by atoms with Crippen LogP contribution in [0.3, 0.4) is 0 Å². The first-order chi connectivity index (χ1) is 40.6. The van der Waals surface area contributed by atoms with Crippen molar-refractivity contribution in [2.24, 2.45) is 5.92 Å². The van der Waals surface area contributed by atoms with Gasteiger partial charge in [0.2, 0.25) is 11.8 Å². The highest BCUT2D eigenvalue weighted by Gasteiger charge is 2.44. The fraction of sp³-hybridized carbons (Fsp3) is 0.492. The van der Waals surface area contributed by atoms with Crippen LogP contribution < -0.4 is 25.0 Å². The van der Waals surface area contributed by atoms with Crippen LogP contribution >= 0.6 is 11.3 Å². The summed E-state index contributed by atoms with van der Waals surface area (Å²) < 4.78 is 24.7. The Morgan fingerprint density at radius 2 is 1.68 bits per heavy atom. The van der Waals surface area contributed by atoms with Crippen molar-refractivity contribution in [3.05, 3.63) is 101 Å². The SMILES string of the molecule is Cc1ncsc1-c1ccc([C@H](C)NC(=O)[C@@H]2C[C@@H](O)CN2C(=O)[C@@H](c2cc(OC3CCN(C(=O)OC[C@@H]4CC[C@@H](COc5nc(N6CC7CCC(C6)N7)c6cnc7c(c6n5)C(C)c5cccc6cc(O)cc-7c56)N4C)CC3)no2)C(C)C)cc1. The number of aromatic hydroxyl groups is 1. The van der Waals surface area contributed by atoms with Crippen LogP contribution in [-0.2, 0) is 14.3 Å². The third-order valence-electron chi connectivity index (χ3n) is 18.6. The van der Waals surface area contributed by atoms with Gasteiger partial charge in [-0.2, -0.15) is 9.97 Å². The number of rotatable bonds is 15. The molecular weight excluding hydrogens is 1090 g/mol. The number of hydrogen-bond acceptors (Lipinski definition) is 18. The molecule has 3 unspecified atom stereocenters. The third-order valence-corrected chi connectivity index (χ3v) is 19.5. The summed E-state index contributed by atoms with van der Waals surface area (Å²) in [4.78, 5) is 70.4. The highest BCUT2D eigenvalue weighted by Crippen LogP contribution is 2.49. The molecule has 0 saturated carbocycles. The van der Waals surface area contributed by atoms with Crippen LogP contribution in [0.4, 0.5) is 10.6 Å². The molecule has 4 N–H and O–H groups in total. The number of thiazole rings is 1. The lowest BCUT2D eigenvalue weighted by Crippen LogP contribution is -2.51. The van der Waals surface area contributed by atoms with E-state index in [4.69, 9.17) is 33.7 Å². The maximum absolute atomic E-state index is 14.4. The summed E-state index contributed by atoms with van der Waals surface area (Å²) in [6.07, 6.45) is 5.58. The van der Waals surface area contributed by atoms with Gasteiger partial charge in [-0.15, -0.1) is 11.3 Å². The molecule has 84 heavy (non-hydrogen) atoms. The smallest absolute Gasteiger partial charge is 0.409 e. The van der Waals surface area contributed by atoms with E-state index in [1.807, 2.05) is 87.9 Å². The molecule has 6 aliphatic rings.